The van der Waals surface area contributed by atoms with Crippen LogP contribution in [0.3, 0.4) is 0 Å². The van der Waals surface area contributed by atoms with Crippen molar-refractivity contribution in [3.63, 3.8) is 0 Å². The van der Waals surface area contributed by atoms with Gasteiger partial charge in [0.15, 0.2) is 0 Å². The predicted octanol–water partition coefficient (Wildman–Crippen LogP) is 3.72. The van der Waals surface area contributed by atoms with E-state index in [1.54, 1.807) is 12.4 Å². The lowest BCUT2D eigenvalue weighted by atomic mass is 9.90. The first-order chi connectivity index (χ1) is 8.24. The zero-order valence-corrected chi connectivity index (χ0v) is 11.5. The number of hydrogen-bond donors (Lipinski definition) is 0. The Kier molecular flexibility index (Phi) is 4.26. The van der Waals surface area contributed by atoms with E-state index in [1.807, 2.05) is 0 Å². The van der Waals surface area contributed by atoms with Crippen molar-refractivity contribution in [2.24, 2.45) is 4.99 Å². The summed E-state index contributed by atoms with van der Waals surface area (Å²) in [5.74, 6) is 0. The number of rotatable bonds is 3. The van der Waals surface area contributed by atoms with Gasteiger partial charge in [-0.15, -0.1) is 0 Å². The maximum Gasteiger partial charge on any atom is 0.142 e. The van der Waals surface area contributed by atoms with Gasteiger partial charge >= 0.3 is 0 Å². The van der Waals surface area contributed by atoms with Crippen molar-refractivity contribution in [2.75, 3.05) is 6.54 Å². The van der Waals surface area contributed by atoms with Crippen LogP contribution in [0.15, 0.2) is 21.9 Å². The second kappa shape index (κ2) is 5.71. The molecule has 92 valence electrons. The van der Waals surface area contributed by atoms with Gasteiger partial charge in [-0.3, -0.25) is 9.98 Å². The first-order valence-corrected chi connectivity index (χ1v) is 6.84. The van der Waals surface area contributed by atoms with E-state index < -0.39 is 6.17 Å². The van der Waals surface area contributed by atoms with Crippen LogP contribution in [0.25, 0.3) is 0 Å². The molecule has 0 saturated heterocycles. The number of halogens is 2. The first kappa shape index (κ1) is 12.7. The van der Waals surface area contributed by atoms with Crippen molar-refractivity contribution in [3.8, 4) is 0 Å². The number of nitrogens with zero attached hydrogens (tertiary/aromatic N) is 2. The average molecular weight is 299 g/mol. The molecule has 1 heterocycles. The molecule has 1 unspecified atom stereocenters. The highest BCUT2D eigenvalue weighted by atomic mass is 79.9. The standard InChI is InChI=1S/C13H16BrFN2/c1-2-3-6-17-13-10-7-16-8-11(14)9(10)4-5-12(13)15/h7-8,12H,2-6H2,1H3. The van der Waals surface area contributed by atoms with Crippen molar-refractivity contribution in [2.45, 2.75) is 38.8 Å². The molecule has 0 aromatic carbocycles. The van der Waals surface area contributed by atoms with Crippen molar-refractivity contribution in [1.29, 1.82) is 0 Å². The molecule has 1 aliphatic carbocycles. The highest BCUT2D eigenvalue weighted by Crippen LogP contribution is 2.29. The van der Waals surface area contributed by atoms with Crippen LogP contribution >= 0.6 is 15.9 Å². The Hall–Kier alpha value is -0.770. The van der Waals surface area contributed by atoms with Crippen LogP contribution in [0.2, 0.25) is 0 Å². The number of unbranched alkanes of at least 4 members (excludes halogenated alkanes) is 1. The molecule has 0 aliphatic heterocycles. The maximum atomic E-state index is 13.9. The predicted molar refractivity (Wildman–Crippen MR) is 71.5 cm³/mol. The Morgan fingerprint density at radius 2 is 2.35 bits per heavy atom. The molecule has 1 aromatic heterocycles. The van der Waals surface area contributed by atoms with Gasteiger partial charge in [0.05, 0.1) is 5.71 Å². The zero-order valence-electron chi connectivity index (χ0n) is 9.92. The molecule has 0 fully saturated rings. The van der Waals surface area contributed by atoms with Crippen LogP contribution in [0.4, 0.5) is 4.39 Å². The molecular formula is C13H16BrFN2. The fourth-order valence-corrected chi connectivity index (χ4v) is 2.58. The van der Waals surface area contributed by atoms with Crippen molar-refractivity contribution in [3.05, 3.63) is 28.0 Å². The summed E-state index contributed by atoms with van der Waals surface area (Å²) >= 11 is 3.47. The minimum Gasteiger partial charge on any atom is -0.286 e. The normalized spacial score (nSPS) is 21.6. The summed E-state index contributed by atoms with van der Waals surface area (Å²) < 4.78 is 14.9. The number of fused-ring (bicyclic) bond motifs is 1. The molecule has 1 atom stereocenters. The van der Waals surface area contributed by atoms with E-state index in [0.717, 1.165) is 34.9 Å². The monoisotopic (exact) mass is 298 g/mol. The summed E-state index contributed by atoms with van der Waals surface area (Å²) in [5, 5.41) is 0. The molecule has 4 heteroatoms. The highest BCUT2D eigenvalue weighted by molar-refractivity contribution is 9.10. The third-order valence-electron chi connectivity index (χ3n) is 3.02. The molecule has 17 heavy (non-hydrogen) atoms. The molecule has 0 saturated carbocycles. The Labute approximate surface area is 109 Å². The lowest BCUT2D eigenvalue weighted by molar-refractivity contribution is 0.395. The minimum atomic E-state index is -0.935. The second-order valence-corrected chi connectivity index (χ2v) is 5.13. The summed E-state index contributed by atoms with van der Waals surface area (Å²) in [6.07, 6.45) is 5.94. The Morgan fingerprint density at radius 1 is 1.53 bits per heavy atom. The van der Waals surface area contributed by atoms with Gasteiger partial charge in [0, 0.05) is 29.0 Å². The molecule has 1 aliphatic rings. The quantitative estimate of drug-likeness (QED) is 0.781. The fourth-order valence-electron chi connectivity index (χ4n) is 2.05. The Bertz CT molecular complexity index is 431. The van der Waals surface area contributed by atoms with Crippen molar-refractivity contribution < 1.29 is 4.39 Å². The third kappa shape index (κ3) is 2.73. The van der Waals surface area contributed by atoms with E-state index in [9.17, 15) is 4.39 Å². The van der Waals surface area contributed by atoms with E-state index in [1.165, 1.54) is 0 Å². The molecule has 0 radical (unpaired) electrons. The summed E-state index contributed by atoms with van der Waals surface area (Å²) in [7, 11) is 0. The third-order valence-corrected chi connectivity index (χ3v) is 3.70. The molecule has 2 nitrogen and oxygen atoms in total. The summed E-state index contributed by atoms with van der Waals surface area (Å²) in [6.45, 7) is 2.82. The molecule has 0 N–H and O–H groups in total. The second-order valence-electron chi connectivity index (χ2n) is 4.27. The van der Waals surface area contributed by atoms with Crippen molar-refractivity contribution >= 4 is 21.6 Å². The topological polar surface area (TPSA) is 25.2 Å². The van der Waals surface area contributed by atoms with Crippen LogP contribution < -0.4 is 0 Å². The SMILES string of the molecule is CCCCN=C1c2cncc(Br)c2CCC1F. The van der Waals surface area contributed by atoms with Crippen LogP contribution in [0, 0.1) is 0 Å². The van der Waals surface area contributed by atoms with Crippen LogP contribution in [0.1, 0.15) is 37.3 Å². The van der Waals surface area contributed by atoms with Gasteiger partial charge in [0.1, 0.15) is 6.17 Å². The van der Waals surface area contributed by atoms with E-state index in [2.05, 4.69) is 32.8 Å². The van der Waals surface area contributed by atoms with Crippen molar-refractivity contribution in [1.82, 2.24) is 4.98 Å². The molecule has 0 spiro atoms. The Morgan fingerprint density at radius 3 is 3.12 bits per heavy atom. The van der Waals surface area contributed by atoms with Gasteiger partial charge in [-0.25, -0.2) is 4.39 Å². The van der Waals surface area contributed by atoms with Crippen LogP contribution in [0.5, 0.6) is 0 Å². The minimum absolute atomic E-state index is 0.528. The molecule has 0 amide bonds. The van der Waals surface area contributed by atoms with Gasteiger partial charge in [-0.2, -0.15) is 0 Å². The fraction of sp³-hybridized carbons (Fsp3) is 0.538. The number of aromatic nitrogens is 1. The van der Waals surface area contributed by atoms with Gasteiger partial charge in [0.25, 0.3) is 0 Å². The smallest absolute Gasteiger partial charge is 0.142 e. The molecule has 1 aromatic rings. The molecular weight excluding hydrogens is 283 g/mol. The van der Waals surface area contributed by atoms with Crippen LogP contribution in [-0.2, 0) is 6.42 Å². The van der Waals surface area contributed by atoms with E-state index in [4.69, 9.17) is 0 Å². The molecule has 2 rings (SSSR count). The Balaban J connectivity index is 2.33. The van der Waals surface area contributed by atoms with Gasteiger partial charge in [-0.1, -0.05) is 13.3 Å². The van der Waals surface area contributed by atoms with Gasteiger partial charge in [0.2, 0.25) is 0 Å². The first-order valence-electron chi connectivity index (χ1n) is 6.05. The zero-order chi connectivity index (χ0) is 12.3. The number of alkyl halides is 1. The van der Waals surface area contributed by atoms with Gasteiger partial charge in [-0.05, 0) is 40.8 Å². The van der Waals surface area contributed by atoms with Crippen LogP contribution in [-0.4, -0.2) is 23.4 Å². The van der Waals surface area contributed by atoms with E-state index in [-0.39, 0.29) is 0 Å². The van der Waals surface area contributed by atoms with E-state index in [0.29, 0.717) is 18.7 Å². The van der Waals surface area contributed by atoms with Gasteiger partial charge < -0.3 is 0 Å². The number of hydrogen-bond acceptors (Lipinski definition) is 2. The largest absolute Gasteiger partial charge is 0.286 e. The highest BCUT2D eigenvalue weighted by Gasteiger charge is 2.26. The number of aliphatic imine (C=N–C) groups is 1. The summed E-state index contributed by atoms with van der Waals surface area (Å²) in [6, 6.07) is 0. The number of pyridine rings is 1. The average Bonchev–Trinajstić information content (AvgIpc) is 2.32. The van der Waals surface area contributed by atoms with E-state index >= 15 is 0 Å². The summed E-state index contributed by atoms with van der Waals surface area (Å²) in [5.41, 5.74) is 2.62. The molecule has 0 bridgehead atoms. The lowest BCUT2D eigenvalue weighted by Gasteiger charge is -2.22. The summed E-state index contributed by atoms with van der Waals surface area (Å²) in [4.78, 5) is 8.53. The lowest BCUT2D eigenvalue weighted by Crippen LogP contribution is -2.25. The maximum absolute atomic E-state index is 13.9.